The molecule has 0 aliphatic rings. The zero-order chi connectivity index (χ0) is 13.8. The minimum atomic E-state index is -0.226. The van der Waals surface area contributed by atoms with Gasteiger partial charge < -0.3 is 5.32 Å². The van der Waals surface area contributed by atoms with Gasteiger partial charge in [0.1, 0.15) is 5.82 Å². The number of rotatable bonds is 5. The minimum Gasteiger partial charge on any atom is -0.310 e. The molecular weight excluding hydrogens is 327 g/mol. The third kappa shape index (κ3) is 3.61. The number of hydrogen-bond donors (Lipinski definition) is 1. The molecular formula is C14H16BrFN2S. The number of aryl methyl sites for hydroxylation is 1. The standard InChI is InChI=1S/C14H16BrFN2S/c1-3-17-12(7-13-18-9(2)8-19-13)10-5-4-6-11(16)14(10)15/h4-6,8,12,17H,3,7H2,1-2H3. The van der Waals surface area contributed by atoms with Crippen LogP contribution in [-0.4, -0.2) is 11.5 Å². The Kier molecular flexibility index (Phi) is 5.07. The van der Waals surface area contributed by atoms with Gasteiger partial charge in [-0.1, -0.05) is 19.1 Å². The van der Waals surface area contributed by atoms with Crippen molar-refractivity contribution in [2.75, 3.05) is 6.54 Å². The Morgan fingerprint density at radius 2 is 2.26 bits per heavy atom. The van der Waals surface area contributed by atoms with E-state index in [-0.39, 0.29) is 11.9 Å². The lowest BCUT2D eigenvalue weighted by molar-refractivity contribution is 0.537. The maximum Gasteiger partial charge on any atom is 0.137 e. The largest absolute Gasteiger partial charge is 0.310 e. The van der Waals surface area contributed by atoms with Crippen LogP contribution in [0, 0.1) is 12.7 Å². The zero-order valence-corrected chi connectivity index (χ0v) is 13.3. The first-order valence-corrected chi connectivity index (χ1v) is 7.87. The molecule has 0 fully saturated rings. The van der Waals surface area contributed by atoms with E-state index >= 15 is 0 Å². The van der Waals surface area contributed by atoms with Crippen molar-refractivity contribution in [2.24, 2.45) is 0 Å². The van der Waals surface area contributed by atoms with Crippen LogP contribution in [0.3, 0.4) is 0 Å². The van der Waals surface area contributed by atoms with Gasteiger partial charge in [-0.2, -0.15) is 0 Å². The summed E-state index contributed by atoms with van der Waals surface area (Å²) in [6.07, 6.45) is 0.772. The van der Waals surface area contributed by atoms with Gasteiger partial charge in [-0.15, -0.1) is 11.3 Å². The van der Waals surface area contributed by atoms with Crippen LogP contribution in [0.15, 0.2) is 28.1 Å². The molecule has 2 nitrogen and oxygen atoms in total. The number of thiazole rings is 1. The number of hydrogen-bond acceptors (Lipinski definition) is 3. The van der Waals surface area contributed by atoms with E-state index in [2.05, 4.69) is 26.2 Å². The van der Waals surface area contributed by atoms with Crippen LogP contribution in [0.2, 0.25) is 0 Å². The molecule has 2 aromatic rings. The molecule has 5 heteroatoms. The highest BCUT2D eigenvalue weighted by molar-refractivity contribution is 9.10. The van der Waals surface area contributed by atoms with E-state index < -0.39 is 0 Å². The van der Waals surface area contributed by atoms with Gasteiger partial charge in [0.25, 0.3) is 0 Å². The van der Waals surface area contributed by atoms with Crippen LogP contribution in [0.25, 0.3) is 0 Å². The van der Waals surface area contributed by atoms with E-state index in [9.17, 15) is 4.39 Å². The van der Waals surface area contributed by atoms with E-state index in [4.69, 9.17) is 0 Å². The molecule has 1 unspecified atom stereocenters. The fraction of sp³-hybridized carbons (Fsp3) is 0.357. The average Bonchev–Trinajstić information content (AvgIpc) is 2.78. The summed E-state index contributed by atoms with van der Waals surface area (Å²) in [6, 6.07) is 5.22. The number of likely N-dealkylation sites (N-methyl/N-ethyl adjacent to an activating group) is 1. The first kappa shape index (κ1) is 14.6. The van der Waals surface area contributed by atoms with Gasteiger partial charge in [-0.05, 0) is 41.0 Å². The molecule has 1 atom stereocenters. The Morgan fingerprint density at radius 3 is 2.89 bits per heavy atom. The number of halogens is 2. The first-order valence-electron chi connectivity index (χ1n) is 6.20. The van der Waals surface area contributed by atoms with E-state index in [0.29, 0.717) is 4.47 Å². The molecule has 2 rings (SSSR count). The first-order chi connectivity index (χ1) is 9.11. The second kappa shape index (κ2) is 6.59. The van der Waals surface area contributed by atoms with E-state index in [1.807, 2.05) is 25.3 Å². The van der Waals surface area contributed by atoms with E-state index in [0.717, 1.165) is 29.2 Å². The van der Waals surface area contributed by atoms with Gasteiger partial charge in [-0.25, -0.2) is 9.37 Å². The molecule has 1 heterocycles. The van der Waals surface area contributed by atoms with Crippen molar-refractivity contribution in [3.05, 3.63) is 50.1 Å². The monoisotopic (exact) mass is 342 g/mol. The normalized spacial score (nSPS) is 12.6. The van der Waals surface area contributed by atoms with E-state index in [1.54, 1.807) is 17.4 Å². The summed E-state index contributed by atoms with van der Waals surface area (Å²) in [5.74, 6) is -0.226. The Hall–Kier alpha value is -0.780. The van der Waals surface area contributed by atoms with Gasteiger partial charge in [0, 0.05) is 23.5 Å². The molecule has 0 saturated heterocycles. The molecule has 0 saturated carbocycles. The number of nitrogens with one attached hydrogen (secondary N) is 1. The maximum atomic E-state index is 13.6. The van der Waals surface area contributed by atoms with Crippen molar-refractivity contribution in [2.45, 2.75) is 26.3 Å². The summed E-state index contributed by atoms with van der Waals surface area (Å²) in [7, 11) is 0. The zero-order valence-electron chi connectivity index (χ0n) is 10.9. The Labute approximate surface area is 125 Å². The van der Waals surface area contributed by atoms with Crippen LogP contribution in [0.1, 0.15) is 29.2 Å². The van der Waals surface area contributed by atoms with Crippen LogP contribution >= 0.6 is 27.3 Å². The van der Waals surface area contributed by atoms with Gasteiger partial charge in [0.15, 0.2) is 0 Å². The van der Waals surface area contributed by atoms with Crippen LogP contribution < -0.4 is 5.32 Å². The van der Waals surface area contributed by atoms with Crippen LogP contribution in [-0.2, 0) is 6.42 Å². The molecule has 1 N–H and O–H groups in total. The third-order valence-corrected chi connectivity index (χ3v) is 4.68. The second-order valence-electron chi connectivity index (χ2n) is 4.34. The predicted octanol–water partition coefficient (Wildman–Crippen LogP) is 4.25. The Morgan fingerprint density at radius 1 is 1.47 bits per heavy atom. The predicted molar refractivity (Wildman–Crippen MR) is 81.1 cm³/mol. The summed E-state index contributed by atoms with van der Waals surface area (Å²) in [6.45, 7) is 4.87. The Bertz CT molecular complexity index is 556. The summed E-state index contributed by atoms with van der Waals surface area (Å²) in [4.78, 5) is 4.48. The minimum absolute atomic E-state index is 0.0700. The van der Waals surface area contributed by atoms with Crippen LogP contribution in [0.5, 0.6) is 0 Å². The quantitative estimate of drug-likeness (QED) is 0.878. The molecule has 0 radical (unpaired) electrons. The molecule has 0 amide bonds. The Balaban J connectivity index is 2.26. The summed E-state index contributed by atoms with van der Waals surface area (Å²) in [5.41, 5.74) is 1.98. The molecule has 19 heavy (non-hydrogen) atoms. The van der Waals surface area contributed by atoms with Crippen molar-refractivity contribution in [3.63, 3.8) is 0 Å². The lowest BCUT2D eigenvalue weighted by Crippen LogP contribution is -2.23. The topological polar surface area (TPSA) is 24.9 Å². The van der Waals surface area contributed by atoms with E-state index in [1.165, 1.54) is 6.07 Å². The number of benzene rings is 1. The summed E-state index contributed by atoms with van der Waals surface area (Å²) < 4.78 is 14.2. The molecule has 0 aliphatic heterocycles. The molecule has 1 aromatic heterocycles. The van der Waals surface area contributed by atoms with Gasteiger partial charge in [-0.3, -0.25) is 0 Å². The summed E-state index contributed by atoms with van der Waals surface area (Å²) in [5, 5.41) is 6.50. The molecule has 0 aliphatic carbocycles. The maximum absolute atomic E-state index is 13.6. The van der Waals surface area contributed by atoms with Gasteiger partial charge in [0.2, 0.25) is 0 Å². The smallest absolute Gasteiger partial charge is 0.137 e. The average molecular weight is 343 g/mol. The van der Waals surface area contributed by atoms with Crippen molar-refractivity contribution in [1.82, 2.24) is 10.3 Å². The summed E-state index contributed by atoms with van der Waals surface area (Å²) >= 11 is 4.99. The third-order valence-electron chi connectivity index (χ3n) is 2.85. The highest BCUT2D eigenvalue weighted by atomic mass is 79.9. The lowest BCUT2D eigenvalue weighted by Gasteiger charge is -2.19. The highest BCUT2D eigenvalue weighted by Crippen LogP contribution is 2.29. The second-order valence-corrected chi connectivity index (χ2v) is 6.08. The number of nitrogens with zero attached hydrogens (tertiary/aromatic N) is 1. The highest BCUT2D eigenvalue weighted by Gasteiger charge is 2.17. The van der Waals surface area contributed by atoms with Gasteiger partial charge in [0.05, 0.1) is 9.48 Å². The van der Waals surface area contributed by atoms with Crippen molar-refractivity contribution in [1.29, 1.82) is 0 Å². The van der Waals surface area contributed by atoms with Crippen molar-refractivity contribution >= 4 is 27.3 Å². The number of aromatic nitrogens is 1. The molecule has 1 aromatic carbocycles. The molecule has 102 valence electrons. The fourth-order valence-electron chi connectivity index (χ4n) is 2.00. The van der Waals surface area contributed by atoms with Gasteiger partial charge >= 0.3 is 0 Å². The SMILES string of the molecule is CCNC(Cc1nc(C)cs1)c1cccc(F)c1Br. The van der Waals surface area contributed by atoms with Crippen LogP contribution in [0.4, 0.5) is 4.39 Å². The van der Waals surface area contributed by atoms with Crippen molar-refractivity contribution in [3.8, 4) is 0 Å². The molecule has 0 bridgehead atoms. The van der Waals surface area contributed by atoms with Crippen molar-refractivity contribution < 1.29 is 4.39 Å². The molecule has 0 spiro atoms. The lowest BCUT2D eigenvalue weighted by atomic mass is 10.0. The fourth-order valence-corrected chi connectivity index (χ4v) is 3.36.